The number of hydrogen-bond acceptors (Lipinski definition) is 3. The van der Waals surface area contributed by atoms with Gasteiger partial charge >= 0.3 is 0 Å². The van der Waals surface area contributed by atoms with Crippen LogP contribution in [0.2, 0.25) is 5.02 Å². The third-order valence-corrected chi connectivity index (χ3v) is 4.11. The van der Waals surface area contributed by atoms with Crippen LogP contribution < -0.4 is 5.32 Å². The topological polar surface area (TPSA) is 38.3 Å². The Balaban J connectivity index is 2.48. The molecule has 1 N–H and O–H groups in total. The Morgan fingerprint density at radius 1 is 1.44 bits per heavy atom. The average Bonchev–Trinajstić information content (AvgIpc) is 2.40. The molecule has 0 aromatic heterocycles. The van der Waals surface area contributed by atoms with E-state index in [-0.39, 0.29) is 11.9 Å². The van der Waals surface area contributed by atoms with E-state index in [0.29, 0.717) is 5.02 Å². The fourth-order valence-electron chi connectivity index (χ4n) is 2.76. The summed E-state index contributed by atoms with van der Waals surface area (Å²) in [6.45, 7) is 0. The van der Waals surface area contributed by atoms with Gasteiger partial charge in [0.1, 0.15) is 11.6 Å². The minimum absolute atomic E-state index is 0.0758. The van der Waals surface area contributed by atoms with Gasteiger partial charge in [0.15, 0.2) is 5.78 Å². The lowest BCUT2D eigenvalue weighted by molar-refractivity contribution is -0.139. The highest BCUT2D eigenvalue weighted by Gasteiger charge is 2.46. The van der Waals surface area contributed by atoms with E-state index in [9.17, 15) is 4.79 Å². The van der Waals surface area contributed by atoms with E-state index in [1.807, 2.05) is 24.3 Å². The van der Waals surface area contributed by atoms with Crippen LogP contribution in [0.4, 0.5) is 0 Å². The predicted molar refractivity (Wildman–Crippen MR) is 71.8 cm³/mol. The van der Waals surface area contributed by atoms with E-state index < -0.39 is 5.54 Å². The molecule has 3 nitrogen and oxygen atoms in total. The fourth-order valence-corrected chi connectivity index (χ4v) is 3.06. The van der Waals surface area contributed by atoms with E-state index in [4.69, 9.17) is 16.3 Å². The van der Waals surface area contributed by atoms with E-state index in [1.54, 1.807) is 14.2 Å². The Labute approximate surface area is 112 Å². The molecular formula is C14H18ClNO2. The Morgan fingerprint density at radius 2 is 2.17 bits per heavy atom. The molecule has 1 aromatic rings. The summed E-state index contributed by atoms with van der Waals surface area (Å²) in [4.78, 5) is 12.6. The first-order valence-electron chi connectivity index (χ1n) is 6.16. The molecule has 0 amide bonds. The maximum atomic E-state index is 12.6. The van der Waals surface area contributed by atoms with E-state index >= 15 is 0 Å². The summed E-state index contributed by atoms with van der Waals surface area (Å²) in [5.41, 5.74) is 0.137. The van der Waals surface area contributed by atoms with Crippen molar-refractivity contribution in [1.82, 2.24) is 5.32 Å². The van der Waals surface area contributed by atoms with Crippen molar-refractivity contribution in [3.8, 4) is 0 Å². The summed E-state index contributed by atoms with van der Waals surface area (Å²) in [7, 11) is 3.39. The van der Waals surface area contributed by atoms with Crippen LogP contribution in [0.5, 0.6) is 0 Å². The van der Waals surface area contributed by atoms with Gasteiger partial charge in [-0.2, -0.15) is 0 Å². The first-order valence-corrected chi connectivity index (χ1v) is 6.54. The highest BCUT2D eigenvalue weighted by Crippen LogP contribution is 2.38. The van der Waals surface area contributed by atoms with Crippen LogP contribution in [0.1, 0.15) is 24.8 Å². The van der Waals surface area contributed by atoms with E-state index in [0.717, 1.165) is 24.8 Å². The molecule has 0 saturated heterocycles. The lowest BCUT2D eigenvalue weighted by Gasteiger charge is -2.39. The third kappa shape index (κ3) is 2.07. The van der Waals surface area contributed by atoms with Crippen molar-refractivity contribution in [2.75, 3.05) is 14.2 Å². The number of rotatable bonds is 3. The molecule has 0 bridgehead atoms. The van der Waals surface area contributed by atoms with Crippen LogP contribution in [0, 0.1) is 0 Å². The summed E-state index contributed by atoms with van der Waals surface area (Å²) < 4.78 is 5.29. The minimum atomic E-state index is -0.711. The molecule has 1 fully saturated rings. The number of methoxy groups -OCH3 is 1. The molecule has 18 heavy (non-hydrogen) atoms. The first kappa shape index (κ1) is 13.5. The molecule has 2 rings (SSSR count). The van der Waals surface area contributed by atoms with Gasteiger partial charge in [-0.1, -0.05) is 29.8 Å². The molecule has 1 saturated carbocycles. The zero-order valence-electron chi connectivity index (χ0n) is 10.7. The molecule has 0 heterocycles. The van der Waals surface area contributed by atoms with Crippen LogP contribution in [-0.4, -0.2) is 26.0 Å². The summed E-state index contributed by atoms with van der Waals surface area (Å²) in [6.07, 6.45) is 2.13. The Kier molecular flexibility index (Phi) is 4.05. The number of likely N-dealkylation sites (N-methyl/N-ethyl adjacent to an activating group) is 1. The van der Waals surface area contributed by atoms with Gasteiger partial charge in [-0.15, -0.1) is 0 Å². The Bertz CT molecular complexity index is 449. The van der Waals surface area contributed by atoms with Crippen molar-refractivity contribution in [2.24, 2.45) is 0 Å². The molecule has 1 aromatic carbocycles. The quantitative estimate of drug-likeness (QED) is 0.915. The summed E-state index contributed by atoms with van der Waals surface area (Å²) in [6, 6.07) is 7.51. The average molecular weight is 268 g/mol. The number of nitrogens with one attached hydrogen (secondary N) is 1. The van der Waals surface area contributed by atoms with Crippen molar-refractivity contribution < 1.29 is 9.53 Å². The predicted octanol–water partition coefficient (Wildman–Crippen LogP) is 2.52. The van der Waals surface area contributed by atoms with Crippen LogP contribution in [0.15, 0.2) is 24.3 Å². The lowest BCUT2D eigenvalue weighted by atomic mass is 9.74. The van der Waals surface area contributed by atoms with Gasteiger partial charge in [0.25, 0.3) is 0 Å². The number of benzene rings is 1. The zero-order chi connectivity index (χ0) is 13.2. The Hall–Kier alpha value is -0.900. The van der Waals surface area contributed by atoms with Gasteiger partial charge in [-0.3, -0.25) is 4.79 Å². The van der Waals surface area contributed by atoms with Crippen molar-refractivity contribution in [2.45, 2.75) is 30.9 Å². The van der Waals surface area contributed by atoms with Crippen LogP contribution in [0.3, 0.4) is 0 Å². The highest BCUT2D eigenvalue weighted by molar-refractivity contribution is 6.31. The summed E-state index contributed by atoms with van der Waals surface area (Å²) in [5.74, 6) is 0.0758. The van der Waals surface area contributed by atoms with Crippen LogP contribution in [-0.2, 0) is 15.1 Å². The number of halogens is 1. The number of ether oxygens (including phenoxy) is 1. The number of ketones is 1. The zero-order valence-corrected chi connectivity index (χ0v) is 11.5. The minimum Gasteiger partial charge on any atom is -0.374 e. The van der Waals surface area contributed by atoms with E-state index in [1.165, 1.54) is 0 Å². The summed E-state index contributed by atoms with van der Waals surface area (Å²) in [5, 5.41) is 3.80. The molecule has 98 valence electrons. The van der Waals surface area contributed by atoms with E-state index in [2.05, 4.69) is 5.32 Å². The van der Waals surface area contributed by atoms with Crippen molar-refractivity contribution in [3.05, 3.63) is 34.9 Å². The number of carbonyl (C=O) groups excluding carboxylic acids is 1. The molecule has 0 radical (unpaired) electrons. The molecule has 1 aliphatic carbocycles. The highest BCUT2D eigenvalue weighted by atomic mass is 35.5. The maximum Gasteiger partial charge on any atom is 0.186 e. The number of hydrogen-bond donors (Lipinski definition) is 1. The molecule has 0 aliphatic heterocycles. The van der Waals surface area contributed by atoms with Crippen molar-refractivity contribution >= 4 is 17.4 Å². The SMILES string of the molecule is CN[C@@]1(c2ccccc2Cl)CCC[C@@H](OC)C1=O. The first-order chi connectivity index (χ1) is 8.65. The smallest absolute Gasteiger partial charge is 0.186 e. The van der Waals surface area contributed by atoms with Gasteiger partial charge in [0.2, 0.25) is 0 Å². The normalized spacial score (nSPS) is 28.4. The lowest BCUT2D eigenvalue weighted by Crippen LogP contribution is -2.54. The molecule has 2 atom stereocenters. The second-order valence-corrected chi connectivity index (χ2v) is 5.02. The Morgan fingerprint density at radius 3 is 2.78 bits per heavy atom. The third-order valence-electron chi connectivity index (χ3n) is 3.78. The molecule has 1 aliphatic rings. The summed E-state index contributed by atoms with van der Waals surface area (Å²) >= 11 is 6.25. The van der Waals surface area contributed by atoms with Crippen molar-refractivity contribution in [3.63, 3.8) is 0 Å². The second-order valence-electron chi connectivity index (χ2n) is 4.62. The maximum absolute atomic E-state index is 12.6. The van der Waals surface area contributed by atoms with Gasteiger partial charge in [0.05, 0.1) is 0 Å². The number of Topliss-reactive ketones (excluding diaryl/α,β-unsaturated/α-hetero) is 1. The second kappa shape index (κ2) is 5.39. The molecular weight excluding hydrogens is 250 g/mol. The van der Waals surface area contributed by atoms with Crippen molar-refractivity contribution in [1.29, 1.82) is 0 Å². The molecule has 0 unspecified atom stereocenters. The largest absolute Gasteiger partial charge is 0.374 e. The van der Waals surface area contributed by atoms with Crippen LogP contribution >= 0.6 is 11.6 Å². The van der Waals surface area contributed by atoms with Gasteiger partial charge in [-0.25, -0.2) is 0 Å². The van der Waals surface area contributed by atoms with Gasteiger partial charge in [0, 0.05) is 12.1 Å². The van der Waals surface area contributed by atoms with Gasteiger partial charge in [-0.05, 0) is 37.9 Å². The van der Waals surface area contributed by atoms with Gasteiger partial charge < -0.3 is 10.1 Å². The fraction of sp³-hybridized carbons (Fsp3) is 0.500. The number of carbonyl (C=O) groups is 1. The molecule has 4 heteroatoms. The van der Waals surface area contributed by atoms with Crippen LogP contribution in [0.25, 0.3) is 0 Å². The monoisotopic (exact) mass is 267 g/mol. The standard InChI is InChI=1S/C14H18ClNO2/c1-16-14(10-6-3-4-7-11(10)15)9-5-8-12(18-2)13(14)17/h3-4,6-7,12,16H,5,8-9H2,1-2H3/t12-,14-/m1/s1. The molecule has 0 spiro atoms.